The first-order valence-electron chi connectivity index (χ1n) is 2.15. The molecule has 0 radical (unpaired) electrons. The van der Waals surface area contributed by atoms with Crippen LogP contribution in [0, 0.1) is 5.92 Å². The van der Waals surface area contributed by atoms with Crippen molar-refractivity contribution in [3.05, 3.63) is 0 Å². The number of hydrogen-bond acceptors (Lipinski definition) is 1. The first kappa shape index (κ1) is 5.73. The van der Waals surface area contributed by atoms with Gasteiger partial charge in [0.1, 0.15) is 0 Å². The normalized spacial score (nSPS) is 9.83. The Balaban J connectivity index is 3.03. The van der Waals surface area contributed by atoms with E-state index in [9.17, 15) is 0 Å². The predicted octanol–water partition coefficient (Wildman–Crippen LogP) is 0.0225. The van der Waals surface area contributed by atoms with Crippen LogP contribution in [0.1, 0.15) is 13.8 Å². The Bertz CT molecular complexity index is 49.5. The standard InChI is InChI=1S/C4H10BN/c1-4(2)3-5-6/h3-4H,6H2,1-2H3. The van der Waals surface area contributed by atoms with Crippen LogP contribution >= 0.6 is 0 Å². The Morgan fingerprint density at radius 2 is 2.17 bits per heavy atom. The molecule has 2 heteroatoms. The molecule has 0 fully saturated rings. The van der Waals surface area contributed by atoms with Crippen molar-refractivity contribution in [2.24, 2.45) is 11.6 Å². The summed E-state index contributed by atoms with van der Waals surface area (Å²) in [6.07, 6.45) is 0. The van der Waals surface area contributed by atoms with Crippen molar-refractivity contribution in [3.8, 4) is 0 Å². The van der Waals surface area contributed by atoms with Crippen LogP contribution in [0.15, 0.2) is 0 Å². The van der Waals surface area contributed by atoms with Crippen molar-refractivity contribution in [3.63, 3.8) is 0 Å². The zero-order chi connectivity index (χ0) is 4.99. The van der Waals surface area contributed by atoms with E-state index in [-0.39, 0.29) is 0 Å². The minimum absolute atomic E-state index is 0.593. The molecule has 0 aliphatic carbocycles. The van der Waals surface area contributed by atoms with E-state index in [4.69, 9.17) is 5.64 Å². The van der Waals surface area contributed by atoms with Gasteiger partial charge in [-0.15, -0.1) is 0 Å². The van der Waals surface area contributed by atoms with Crippen LogP contribution in [-0.2, 0) is 0 Å². The van der Waals surface area contributed by atoms with E-state index >= 15 is 0 Å². The third-order valence-electron chi connectivity index (χ3n) is 0.496. The maximum absolute atomic E-state index is 5.05. The van der Waals surface area contributed by atoms with E-state index in [0.29, 0.717) is 5.92 Å². The molecule has 0 unspecified atom stereocenters. The number of hydrogen-bond donors (Lipinski definition) is 1. The molecule has 0 heterocycles. The molecule has 0 atom stereocenters. The van der Waals surface area contributed by atoms with E-state index in [1.807, 2.05) is 5.97 Å². The second-order valence-corrected chi connectivity index (χ2v) is 1.63. The van der Waals surface area contributed by atoms with E-state index in [2.05, 4.69) is 13.8 Å². The molecule has 0 aromatic heterocycles. The van der Waals surface area contributed by atoms with Crippen molar-refractivity contribution in [1.82, 2.24) is 0 Å². The van der Waals surface area contributed by atoms with E-state index in [1.165, 1.54) is 0 Å². The fourth-order valence-electron chi connectivity index (χ4n) is 0.222. The molecule has 0 rings (SSSR count). The van der Waals surface area contributed by atoms with Crippen LogP contribution in [0.3, 0.4) is 0 Å². The van der Waals surface area contributed by atoms with Crippen molar-refractivity contribution < 1.29 is 0 Å². The zero-order valence-corrected chi connectivity index (χ0v) is 4.31. The van der Waals surface area contributed by atoms with Gasteiger partial charge >= 0.3 is 38.4 Å². The minimum atomic E-state index is 0.593. The fourth-order valence-corrected chi connectivity index (χ4v) is 0.222. The van der Waals surface area contributed by atoms with Gasteiger partial charge in [-0.1, -0.05) is 0 Å². The molecule has 1 nitrogen and oxygen atoms in total. The molecule has 34 valence electrons. The van der Waals surface area contributed by atoms with Gasteiger partial charge < -0.3 is 0 Å². The molecule has 0 bridgehead atoms. The Labute approximate surface area is 39.5 Å². The van der Waals surface area contributed by atoms with Crippen LogP contribution in [0.2, 0.25) is 0 Å². The van der Waals surface area contributed by atoms with Crippen LogP contribution in [0.4, 0.5) is 0 Å². The quantitative estimate of drug-likeness (QED) is 0.444. The summed E-state index contributed by atoms with van der Waals surface area (Å²) in [6.45, 7) is 4.17. The molecule has 0 saturated carbocycles. The van der Waals surface area contributed by atoms with Gasteiger partial charge in [0.05, 0.1) is 0 Å². The monoisotopic (exact) mass is 83.1 g/mol. The van der Waals surface area contributed by atoms with Gasteiger partial charge in [-0.2, -0.15) is 0 Å². The van der Waals surface area contributed by atoms with Crippen LogP contribution in [0.25, 0.3) is 0 Å². The fraction of sp³-hybridized carbons (Fsp3) is 0.750. The van der Waals surface area contributed by atoms with Crippen LogP contribution in [-0.4, -0.2) is 13.0 Å². The Kier molecular flexibility index (Phi) is 2.82. The summed E-state index contributed by atoms with van der Waals surface area (Å²) in [5, 5.41) is 0. The van der Waals surface area contributed by atoms with Gasteiger partial charge in [-0.05, 0) is 0 Å². The average molecular weight is 82.9 g/mol. The van der Waals surface area contributed by atoms with E-state index < -0.39 is 0 Å². The molecular weight excluding hydrogens is 72.9 g/mol. The molecule has 0 spiro atoms. The molecule has 0 aromatic rings. The molecule has 0 aliphatic rings. The molecule has 0 aliphatic heterocycles. The molecule has 6 heavy (non-hydrogen) atoms. The van der Waals surface area contributed by atoms with Crippen molar-refractivity contribution >= 4 is 13.0 Å². The van der Waals surface area contributed by atoms with Gasteiger partial charge in [0.2, 0.25) is 0 Å². The van der Waals surface area contributed by atoms with Gasteiger partial charge in [-0.3, -0.25) is 0 Å². The second-order valence-electron chi connectivity index (χ2n) is 1.63. The molecule has 0 saturated heterocycles. The first-order chi connectivity index (χ1) is 2.77. The van der Waals surface area contributed by atoms with E-state index in [0.717, 1.165) is 0 Å². The third-order valence-corrected chi connectivity index (χ3v) is 0.496. The van der Waals surface area contributed by atoms with Gasteiger partial charge in [0, 0.05) is 0 Å². The second kappa shape index (κ2) is 2.95. The summed E-state index contributed by atoms with van der Waals surface area (Å²) >= 11 is 0. The van der Waals surface area contributed by atoms with Crippen LogP contribution in [0.5, 0.6) is 0 Å². The average Bonchev–Trinajstić information content (AvgIpc) is 1.35. The Morgan fingerprint density at radius 1 is 1.67 bits per heavy atom. The van der Waals surface area contributed by atoms with Crippen molar-refractivity contribution in [1.29, 1.82) is 0 Å². The van der Waals surface area contributed by atoms with Gasteiger partial charge in [0.15, 0.2) is 0 Å². The Hall–Kier alpha value is -0.265. The number of rotatable bonds is 1. The molecule has 0 amide bonds. The van der Waals surface area contributed by atoms with Crippen molar-refractivity contribution in [2.75, 3.05) is 0 Å². The zero-order valence-electron chi connectivity index (χ0n) is 4.31. The van der Waals surface area contributed by atoms with Crippen molar-refractivity contribution in [2.45, 2.75) is 13.8 Å². The Morgan fingerprint density at radius 3 is 2.17 bits per heavy atom. The van der Waals surface area contributed by atoms with Gasteiger partial charge in [0.25, 0.3) is 0 Å². The summed E-state index contributed by atoms with van der Waals surface area (Å²) in [7, 11) is 1.57. The summed E-state index contributed by atoms with van der Waals surface area (Å²) < 4.78 is 0. The SMILES string of the molecule is CC(C)C=BN. The van der Waals surface area contributed by atoms with E-state index in [1.54, 1.807) is 7.06 Å². The van der Waals surface area contributed by atoms with Crippen LogP contribution < -0.4 is 5.64 Å². The summed E-state index contributed by atoms with van der Waals surface area (Å²) in [4.78, 5) is 0. The summed E-state index contributed by atoms with van der Waals surface area (Å²) in [5.41, 5.74) is 5.05. The first-order valence-corrected chi connectivity index (χ1v) is 2.15. The summed E-state index contributed by atoms with van der Waals surface area (Å²) in [5.74, 6) is 2.54. The molecule has 0 aromatic carbocycles. The third kappa shape index (κ3) is 3.73. The summed E-state index contributed by atoms with van der Waals surface area (Å²) in [6, 6.07) is 0. The topological polar surface area (TPSA) is 26.0 Å². The predicted molar refractivity (Wildman–Crippen MR) is 30.8 cm³/mol. The number of nitrogens with two attached hydrogens (primary N) is 1. The molecule has 2 N–H and O–H groups in total. The van der Waals surface area contributed by atoms with Gasteiger partial charge in [-0.25, -0.2) is 0 Å². The molecular formula is C4H10BN. The maximum atomic E-state index is 5.05.